The Bertz CT molecular complexity index is 1590. The summed E-state index contributed by atoms with van der Waals surface area (Å²) in [7, 11) is 0. The smallest absolute Gasteiger partial charge is 0.223 e. The maximum absolute atomic E-state index is 6.19. The summed E-state index contributed by atoms with van der Waals surface area (Å²) in [5.74, 6) is 0. The Kier molecular flexibility index (Phi) is 4.11. The topological polar surface area (TPSA) is 51.6 Å². The lowest BCUT2D eigenvalue weighted by Gasteiger charge is -2.11. The van der Waals surface area contributed by atoms with Gasteiger partial charge in [-0.2, -0.15) is 0 Å². The van der Waals surface area contributed by atoms with Crippen LogP contribution in [0.4, 0.5) is 0 Å². The van der Waals surface area contributed by atoms with E-state index in [4.69, 9.17) is 11.6 Å². The van der Waals surface area contributed by atoms with Gasteiger partial charge >= 0.3 is 0 Å². The third kappa shape index (κ3) is 3.00. The lowest BCUT2D eigenvalue weighted by molar-refractivity contribution is 1.22. The minimum absolute atomic E-state index is 0.247. The zero-order chi connectivity index (χ0) is 20.8. The first-order chi connectivity index (χ1) is 15.3. The van der Waals surface area contributed by atoms with Gasteiger partial charge in [0.1, 0.15) is 0 Å². The Morgan fingerprint density at radius 3 is 2.19 bits per heavy atom. The van der Waals surface area contributed by atoms with E-state index in [1.807, 2.05) is 48.8 Å². The van der Waals surface area contributed by atoms with E-state index >= 15 is 0 Å². The highest BCUT2D eigenvalue weighted by Crippen LogP contribution is 2.34. The van der Waals surface area contributed by atoms with E-state index in [-0.39, 0.29) is 5.28 Å². The fourth-order valence-electron chi connectivity index (χ4n) is 4.09. The van der Waals surface area contributed by atoms with E-state index in [0.717, 1.165) is 55.1 Å². The minimum Gasteiger partial charge on any atom is -0.254 e. The summed E-state index contributed by atoms with van der Waals surface area (Å²) in [5.41, 5.74) is 6.72. The van der Waals surface area contributed by atoms with Crippen LogP contribution in [-0.4, -0.2) is 19.9 Å². The second-order valence-electron chi connectivity index (χ2n) is 7.33. The molecule has 0 aliphatic rings. The maximum atomic E-state index is 6.19. The van der Waals surface area contributed by atoms with Crippen molar-refractivity contribution in [2.45, 2.75) is 0 Å². The van der Waals surface area contributed by atoms with Gasteiger partial charge in [0.2, 0.25) is 5.28 Å². The number of para-hydroxylation sites is 1. The zero-order valence-corrected chi connectivity index (χ0v) is 17.1. The predicted octanol–water partition coefficient (Wildman–Crippen LogP) is 6.71. The number of halogens is 1. The van der Waals surface area contributed by atoms with Crippen LogP contribution in [0.25, 0.3) is 55.1 Å². The fraction of sp³-hybridized carbons (Fsp3) is 0. The molecule has 3 heterocycles. The number of pyridine rings is 2. The van der Waals surface area contributed by atoms with Gasteiger partial charge in [-0.3, -0.25) is 9.97 Å². The van der Waals surface area contributed by atoms with Gasteiger partial charge in [0, 0.05) is 34.1 Å². The molecule has 0 aliphatic carbocycles. The van der Waals surface area contributed by atoms with Gasteiger partial charge in [-0.25, -0.2) is 9.97 Å². The summed E-state index contributed by atoms with van der Waals surface area (Å²) in [6.07, 6.45) is 3.62. The highest BCUT2D eigenvalue weighted by molar-refractivity contribution is 6.28. The van der Waals surface area contributed by atoms with Crippen LogP contribution in [0.15, 0.2) is 91.3 Å². The highest BCUT2D eigenvalue weighted by atomic mass is 35.5. The summed E-state index contributed by atoms with van der Waals surface area (Å²) in [6, 6.07) is 26.6. The van der Waals surface area contributed by atoms with Crippen molar-refractivity contribution in [3.8, 4) is 22.4 Å². The number of hydrogen-bond acceptors (Lipinski definition) is 4. The van der Waals surface area contributed by atoms with E-state index in [2.05, 4.69) is 62.4 Å². The Morgan fingerprint density at radius 2 is 1.32 bits per heavy atom. The molecule has 6 aromatic rings. The van der Waals surface area contributed by atoms with E-state index < -0.39 is 0 Å². The second-order valence-corrected chi connectivity index (χ2v) is 7.67. The molecule has 3 aromatic carbocycles. The van der Waals surface area contributed by atoms with Gasteiger partial charge in [0.25, 0.3) is 0 Å². The van der Waals surface area contributed by atoms with Crippen LogP contribution in [0.2, 0.25) is 5.28 Å². The van der Waals surface area contributed by atoms with Gasteiger partial charge in [0.05, 0.1) is 22.2 Å². The van der Waals surface area contributed by atoms with Crippen molar-refractivity contribution in [3.63, 3.8) is 0 Å². The molecular formula is C26H15ClN4. The average Bonchev–Trinajstić information content (AvgIpc) is 2.83. The van der Waals surface area contributed by atoms with Gasteiger partial charge in [-0.1, -0.05) is 54.6 Å². The number of nitrogens with zero attached hydrogens (tertiary/aromatic N) is 4. The van der Waals surface area contributed by atoms with E-state index in [0.29, 0.717) is 0 Å². The molecule has 0 amide bonds. The molecule has 146 valence electrons. The molecule has 0 fully saturated rings. The number of benzene rings is 3. The molecular weight excluding hydrogens is 404 g/mol. The normalized spacial score (nSPS) is 11.4. The van der Waals surface area contributed by atoms with Crippen molar-refractivity contribution in [2.24, 2.45) is 0 Å². The Labute approximate surface area is 183 Å². The summed E-state index contributed by atoms with van der Waals surface area (Å²) in [4.78, 5) is 18.0. The Balaban J connectivity index is 1.54. The Morgan fingerprint density at radius 1 is 0.613 bits per heavy atom. The van der Waals surface area contributed by atoms with E-state index in [1.54, 1.807) is 0 Å². The highest BCUT2D eigenvalue weighted by Gasteiger charge is 2.12. The molecule has 0 unspecified atom stereocenters. The van der Waals surface area contributed by atoms with Crippen LogP contribution < -0.4 is 0 Å². The van der Waals surface area contributed by atoms with Crippen LogP contribution in [0.1, 0.15) is 0 Å². The molecule has 3 aromatic heterocycles. The summed E-state index contributed by atoms with van der Waals surface area (Å²) in [5, 5.41) is 3.38. The molecule has 0 spiro atoms. The molecule has 0 N–H and O–H groups in total. The van der Waals surface area contributed by atoms with Crippen LogP contribution in [0, 0.1) is 0 Å². The summed E-state index contributed by atoms with van der Waals surface area (Å²) in [6.45, 7) is 0. The van der Waals surface area contributed by atoms with Crippen molar-refractivity contribution in [1.82, 2.24) is 19.9 Å². The largest absolute Gasteiger partial charge is 0.254 e. The summed E-state index contributed by atoms with van der Waals surface area (Å²) >= 11 is 6.19. The van der Waals surface area contributed by atoms with Gasteiger partial charge in [-0.05, 0) is 47.0 Å². The molecule has 0 radical (unpaired) electrons. The van der Waals surface area contributed by atoms with Crippen LogP contribution in [0.5, 0.6) is 0 Å². The van der Waals surface area contributed by atoms with Crippen molar-refractivity contribution in [3.05, 3.63) is 96.5 Å². The van der Waals surface area contributed by atoms with Crippen LogP contribution in [0.3, 0.4) is 0 Å². The fourth-order valence-corrected chi connectivity index (χ4v) is 4.27. The average molecular weight is 419 g/mol. The van der Waals surface area contributed by atoms with E-state index in [9.17, 15) is 0 Å². The van der Waals surface area contributed by atoms with Crippen molar-refractivity contribution < 1.29 is 0 Å². The molecule has 0 atom stereocenters. The van der Waals surface area contributed by atoms with Gasteiger partial charge in [-0.15, -0.1) is 0 Å². The molecule has 6 rings (SSSR count). The van der Waals surface area contributed by atoms with Crippen molar-refractivity contribution in [2.75, 3.05) is 0 Å². The lowest BCUT2D eigenvalue weighted by Crippen LogP contribution is -1.92. The second kappa shape index (κ2) is 7.11. The van der Waals surface area contributed by atoms with Gasteiger partial charge < -0.3 is 0 Å². The molecule has 0 bridgehead atoms. The standard InChI is InChI=1S/C26H15ClN4/c27-26-30-22-8-2-1-6-20(22)23(31-26)17-11-9-16(10-12-17)21-15-18-5-3-13-28-24(18)25-19(21)7-4-14-29-25/h1-15H. The third-order valence-corrected chi connectivity index (χ3v) is 5.68. The minimum atomic E-state index is 0.247. The number of aromatic nitrogens is 4. The molecule has 0 aliphatic heterocycles. The number of hydrogen-bond donors (Lipinski definition) is 0. The lowest BCUT2D eigenvalue weighted by atomic mass is 9.96. The van der Waals surface area contributed by atoms with E-state index in [1.165, 1.54) is 0 Å². The quantitative estimate of drug-likeness (QED) is 0.231. The maximum Gasteiger partial charge on any atom is 0.223 e. The summed E-state index contributed by atoms with van der Waals surface area (Å²) < 4.78 is 0. The van der Waals surface area contributed by atoms with Gasteiger partial charge in [0.15, 0.2) is 0 Å². The Hall–Kier alpha value is -3.89. The van der Waals surface area contributed by atoms with Crippen molar-refractivity contribution >= 4 is 44.3 Å². The number of rotatable bonds is 2. The molecule has 0 saturated carbocycles. The predicted molar refractivity (Wildman–Crippen MR) is 126 cm³/mol. The molecule has 4 nitrogen and oxygen atoms in total. The molecule has 0 saturated heterocycles. The first-order valence-electron chi connectivity index (χ1n) is 9.93. The molecule has 5 heteroatoms. The SMILES string of the molecule is Clc1nc(-c2ccc(-c3cc4cccnc4c4ncccc34)cc2)c2ccccc2n1. The number of fused-ring (bicyclic) bond motifs is 4. The first kappa shape index (κ1) is 17.9. The monoisotopic (exact) mass is 418 g/mol. The third-order valence-electron chi connectivity index (χ3n) is 5.51. The zero-order valence-electron chi connectivity index (χ0n) is 16.3. The van der Waals surface area contributed by atoms with Crippen LogP contribution in [-0.2, 0) is 0 Å². The molecule has 31 heavy (non-hydrogen) atoms. The first-order valence-corrected chi connectivity index (χ1v) is 10.3. The van der Waals surface area contributed by atoms with Crippen LogP contribution >= 0.6 is 11.6 Å². The van der Waals surface area contributed by atoms with Crippen molar-refractivity contribution in [1.29, 1.82) is 0 Å².